The van der Waals surface area contributed by atoms with E-state index in [-0.39, 0.29) is 0 Å². The second-order valence-electron chi connectivity index (χ2n) is 7.45. The number of halogens is 1. The van der Waals surface area contributed by atoms with Crippen molar-refractivity contribution in [3.8, 4) is 17.2 Å². The van der Waals surface area contributed by atoms with Gasteiger partial charge in [-0.3, -0.25) is 9.59 Å². The number of hydrogen-bond acceptors (Lipinski definition) is 6. The second kappa shape index (κ2) is 10.7. The number of amides is 1. The molecule has 0 saturated carbocycles. The number of aromatic nitrogens is 2. The fourth-order valence-corrected chi connectivity index (χ4v) is 3.29. The maximum absolute atomic E-state index is 12.5. The summed E-state index contributed by atoms with van der Waals surface area (Å²) in [5, 5.41) is 7.28. The van der Waals surface area contributed by atoms with Gasteiger partial charge in [0.1, 0.15) is 11.5 Å². The van der Waals surface area contributed by atoms with Gasteiger partial charge in [-0.05, 0) is 67.6 Å². The monoisotopic (exact) mass is 489 g/mol. The average Bonchev–Trinajstić information content (AvgIpc) is 2.85. The zero-order valence-corrected chi connectivity index (χ0v) is 19.4. The third-order valence-electron chi connectivity index (χ3n) is 4.82. The van der Waals surface area contributed by atoms with Gasteiger partial charge in [0.2, 0.25) is 11.1 Å². The minimum Gasteiger partial charge on any atom is -0.457 e. The average molecular weight is 490 g/mol. The van der Waals surface area contributed by atoms with Crippen molar-refractivity contribution < 1.29 is 19.1 Å². The van der Waals surface area contributed by atoms with E-state index in [1.165, 1.54) is 10.7 Å². The molecule has 35 heavy (non-hydrogen) atoms. The molecule has 8 nitrogen and oxygen atoms in total. The quantitative estimate of drug-likeness (QED) is 0.375. The summed E-state index contributed by atoms with van der Waals surface area (Å²) in [7, 11) is 0. The van der Waals surface area contributed by atoms with E-state index >= 15 is 0 Å². The third-order valence-corrected chi connectivity index (χ3v) is 5.08. The van der Waals surface area contributed by atoms with Gasteiger partial charge in [-0.15, -0.1) is 0 Å². The Morgan fingerprint density at radius 2 is 1.60 bits per heavy atom. The summed E-state index contributed by atoms with van der Waals surface area (Å²) >= 11 is 5.92. The van der Waals surface area contributed by atoms with E-state index in [2.05, 4.69) is 10.4 Å². The number of rotatable bonds is 7. The Morgan fingerprint density at radius 3 is 2.29 bits per heavy atom. The lowest BCUT2D eigenvalue weighted by atomic mass is 10.3. The molecule has 9 heteroatoms. The van der Waals surface area contributed by atoms with E-state index in [0.717, 1.165) is 0 Å². The van der Waals surface area contributed by atoms with Crippen molar-refractivity contribution in [2.45, 2.75) is 6.92 Å². The minimum atomic E-state index is -1.00. The summed E-state index contributed by atoms with van der Waals surface area (Å²) in [5.74, 6) is -0.279. The molecule has 0 bridgehead atoms. The number of para-hydroxylation sites is 1. The maximum atomic E-state index is 12.5. The SMILES string of the molecule is Cc1cc(=O)c(C(=O)OCC(=O)Nc2ccc(Oc3ccccc3)cc2)nn1-c1ccc(Cl)cc1. The number of carbonyl (C=O) groups is 2. The van der Waals surface area contributed by atoms with Gasteiger partial charge in [0.15, 0.2) is 6.61 Å². The van der Waals surface area contributed by atoms with Gasteiger partial charge in [0, 0.05) is 22.5 Å². The van der Waals surface area contributed by atoms with Gasteiger partial charge in [-0.2, -0.15) is 5.10 Å². The van der Waals surface area contributed by atoms with Crippen molar-refractivity contribution in [3.05, 3.63) is 112 Å². The lowest BCUT2D eigenvalue weighted by molar-refractivity contribution is -0.119. The van der Waals surface area contributed by atoms with Crippen molar-refractivity contribution in [1.82, 2.24) is 9.78 Å². The third kappa shape index (κ3) is 6.13. The Bertz CT molecular complexity index is 1400. The minimum absolute atomic E-state index is 0.430. The molecule has 1 amide bonds. The number of ether oxygens (including phenoxy) is 2. The van der Waals surface area contributed by atoms with Crippen LogP contribution in [0.5, 0.6) is 11.5 Å². The number of nitrogens with one attached hydrogen (secondary N) is 1. The Labute approximate surface area is 205 Å². The highest BCUT2D eigenvalue weighted by molar-refractivity contribution is 6.30. The van der Waals surface area contributed by atoms with Crippen LogP contribution in [0.3, 0.4) is 0 Å². The molecule has 176 valence electrons. The Morgan fingerprint density at radius 1 is 0.943 bits per heavy atom. The zero-order valence-electron chi connectivity index (χ0n) is 18.6. The summed E-state index contributed by atoms with van der Waals surface area (Å²) < 4.78 is 12.2. The summed E-state index contributed by atoms with van der Waals surface area (Å²) in [5.41, 5.74) is 0.586. The van der Waals surface area contributed by atoms with Crippen LogP contribution in [-0.2, 0) is 9.53 Å². The molecule has 0 fully saturated rings. The number of nitrogens with zero attached hydrogens (tertiary/aromatic N) is 2. The first-order valence-corrected chi connectivity index (χ1v) is 10.9. The van der Waals surface area contributed by atoms with Gasteiger partial charge in [-0.1, -0.05) is 29.8 Å². The Kier molecular flexibility index (Phi) is 7.23. The van der Waals surface area contributed by atoms with Crippen molar-refractivity contribution >= 4 is 29.2 Å². The van der Waals surface area contributed by atoms with Crippen LogP contribution in [0.25, 0.3) is 5.69 Å². The molecule has 1 heterocycles. The molecule has 1 aromatic heterocycles. The van der Waals surface area contributed by atoms with Crippen LogP contribution in [0.4, 0.5) is 5.69 Å². The van der Waals surface area contributed by atoms with Crippen molar-refractivity contribution in [2.24, 2.45) is 0 Å². The molecule has 0 aliphatic heterocycles. The Balaban J connectivity index is 1.37. The van der Waals surface area contributed by atoms with Gasteiger partial charge in [-0.25, -0.2) is 9.48 Å². The van der Waals surface area contributed by atoms with Crippen molar-refractivity contribution in [3.63, 3.8) is 0 Å². The topological polar surface area (TPSA) is 99.5 Å². The predicted octanol–water partition coefficient (Wildman–Crippen LogP) is 4.78. The number of hydrogen-bond donors (Lipinski definition) is 1. The van der Waals surface area contributed by atoms with Gasteiger partial charge in [0.25, 0.3) is 5.91 Å². The van der Waals surface area contributed by atoms with Crippen LogP contribution in [0, 0.1) is 6.92 Å². The first kappa shape index (κ1) is 23.7. The second-order valence-corrected chi connectivity index (χ2v) is 7.89. The molecule has 0 atom stereocenters. The van der Waals surface area contributed by atoms with Gasteiger partial charge < -0.3 is 14.8 Å². The molecule has 0 aliphatic carbocycles. The molecular weight excluding hydrogens is 470 g/mol. The zero-order chi connectivity index (χ0) is 24.8. The summed E-state index contributed by atoms with van der Waals surface area (Å²) in [6.07, 6.45) is 0. The molecular formula is C26H20ClN3O5. The fourth-order valence-electron chi connectivity index (χ4n) is 3.16. The lowest BCUT2D eigenvalue weighted by Crippen LogP contribution is -2.27. The van der Waals surface area contributed by atoms with Crippen LogP contribution < -0.4 is 15.5 Å². The molecule has 1 N–H and O–H groups in total. The first-order chi connectivity index (χ1) is 16.9. The van der Waals surface area contributed by atoms with Crippen LogP contribution in [0.1, 0.15) is 16.2 Å². The van der Waals surface area contributed by atoms with Gasteiger partial charge in [0.05, 0.1) is 5.69 Å². The van der Waals surface area contributed by atoms with E-state index in [1.807, 2.05) is 30.3 Å². The number of aryl methyl sites for hydroxylation is 1. The van der Waals surface area contributed by atoms with E-state index < -0.39 is 29.6 Å². The van der Waals surface area contributed by atoms with Gasteiger partial charge >= 0.3 is 5.97 Å². The Hall–Kier alpha value is -4.43. The molecule has 0 saturated heterocycles. The highest BCUT2D eigenvalue weighted by Crippen LogP contribution is 2.22. The predicted molar refractivity (Wildman–Crippen MR) is 131 cm³/mol. The molecule has 4 rings (SSSR count). The van der Waals surface area contributed by atoms with Crippen LogP contribution >= 0.6 is 11.6 Å². The number of benzene rings is 3. The highest BCUT2D eigenvalue weighted by Gasteiger charge is 2.18. The molecule has 0 spiro atoms. The highest BCUT2D eigenvalue weighted by atomic mass is 35.5. The first-order valence-electron chi connectivity index (χ1n) is 10.6. The van der Waals surface area contributed by atoms with Crippen molar-refractivity contribution in [1.29, 1.82) is 0 Å². The summed E-state index contributed by atoms with van der Waals surface area (Å²) in [6.45, 7) is 1.10. The molecule has 0 aliphatic rings. The molecule has 3 aromatic carbocycles. The van der Waals surface area contributed by atoms with Crippen LogP contribution in [0.15, 0.2) is 89.7 Å². The fraction of sp³-hybridized carbons (Fsp3) is 0.0769. The number of carbonyl (C=O) groups excluding carboxylic acids is 2. The standard InChI is InChI=1S/C26H20ClN3O5/c1-17-15-23(31)25(29-30(17)20-11-7-18(27)8-12-20)26(33)34-16-24(32)28-19-9-13-22(14-10-19)35-21-5-3-2-4-6-21/h2-15H,16H2,1H3,(H,28,32). The number of esters is 1. The van der Waals surface area contributed by atoms with Crippen molar-refractivity contribution in [2.75, 3.05) is 11.9 Å². The number of anilines is 1. The molecule has 0 radical (unpaired) electrons. The smallest absolute Gasteiger partial charge is 0.363 e. The lowest BCUT2D eigenvalue weighted by Gasteiger charge is -2.11. The summed E-state index contributed by atoms with van der Waals surface area (Å²) in [4.78, 5) is 37.0. The van der Waals surface area contributed by atoms with E-state index in [9.17, 15) is 14.4 Å². The van der Waals surface area contributed by atoms with Crippen LogP contribution in [0.2, 0.25) is 5.02 Å². The van der Waals surface area contributed by atoms with Crippen LogP contribution in [-0.4, -0.2) is 28.3 Å². The summed E-state index contributed by atoms with van der Waals surface area (Å²) in [6, 6.07) is 24.0. The normalized spacial score (nSPS) is 10.5. The molecule has 4 aromatic rings. The largest absolute Gasteiger partial charge is 0.457 e. The van der Waals surface area contributed by atoms with E-state index in [4.69, 9.17) is 21.1 Å². The van der Waals surface area contributed by atoms with E-state index in [0.29, 0.717) is 33.6 Å². The maximum Gasteiger partial charge on any atom is 0.363 e. The molecule has 0 unspecified atom stereocenters. The van der Waals surface area contributed by atoms with E-state index in [1.54, 1.807) is 55.5 Å².